The second kappa shape index (κ2) is 7.26. The summed E-state index contributed by atoms with van der Waals surface area (Å²) in [6, 6.07) is 7.18. The molecule has 1 aromatic carbocycles. The van der Waals surface area contributed by atoms with Crippen LogP contribution in [0, 0.1) is 5.41 Å². The van der Waals surface area contributed by atoms with E-state index < -0.39 is 11.9 Å². The second-order valence-corrected chi connectivity index (χ2v) is 5.48. The van der Waals surface area contributed by atoms with Gasteiger partial charge in [0.1, 0.15) is 5.75 Å². The maximum Gasteiger partial charge on any atom is 0.261 e. The summed E-state index contributed by atoms with van der Waals surface area (Å²) in [6.07, 6.45) is 0.820. The molecule has 1 aromatic rings. The largest absolute Gasteiger partial charge is 0.497 e. The molecule has 20 heavy (non-hydrogen) atoms. The van der Waals surface area contributed by atoms with Gasteiger partial charge in [0.2, 0.25) is 0 Å². The fraction of sp³-hybridized carbons (Fsp3) is 0.533. The Bertz CT molecular complexity index is 429. The summed E-state index contributed by atoms with van der Waals surface area (Å²) in [6.45, 7) is 6.56. The molecule has 0 aliphatic heterocycles. The van der Waals surface area contributed by atoms with Crippen LogP contribution in [-0.4, -0.2) is 24.3 Å². The van der Waals surface area contributed by atoms with Crippen LogP contribution in [0.4, 0.5) is 0 Å². The van der Waals surface area contributed by atoms with E-state index in [2.05, 4.69) is 5.32 Å². The minimum Gasteiger partial charge on any atom is -0.497 e. The molecule has 0 aromatic heterocycles. The average molecular weight is 280 g/mol. The predicted octanol–water partition coefficient (Wildman–Crippen LogP) is 2.10. The molecule has 0 spiro atoms. The van der Waals surface area contributed by atoms with Crippen molar-refractivity contribution in [3.63, 3.8) is 0 Å². The predicted molar refractivity (Wildman–Crippen MR) is 77.6 cm³/mol. The maximum absolute atomic E-state index is 11.8. The number of nitrogens with one attached hydrogen (secondary N) is 2. The monoisotopic (exact) mass is 280 g/mol. The molecule has 0 saturated heterocycles. The summed E-state index contributed by atoms with van der Waals surface area (Å²) in [4.78, 5) is 11.8. The lowest BCUT2D eigenvalue weighted by Gasteiger charge is -2.32. The van der Waals surface area contributed by atoms with Crippen LogP contribution in [0.25, 0.3) is 0 Å². The standard InChI is InChI=1S/C15H24N2O3/c1-5-15(2,3)13(14(18)17-19)16-10-11-6-8-12(20-4)9-7-11/h6-9,13,16,19H,5,10H2,1-4H3,(H,17,18). The molecule has 0 saturated carbocycles. The van der Waals surface area contributed by atoms with E-state index in [-0.39, 0.29) is 5.41 Å². The van der Waals surface area contributed by atoms with E-state index in [0.717, 1.165) is 17.7 Å². The molecule has 0 heterocycles. The topological polar surface area (TPSA) is 70.6 Å². The van der Waals surface area contributed by atoms with Crippen molar-refractivity contribution in [2.45, 2.75) is 39.8 Å². The van der Waals surface area contributed by atoms with Gasteiger partial charge in [0.25, 0.3) is 5.91 Å². The number of ether oxygens (including phenoxy) is 1. The van der Waals surface area contributed by atoms with Gasteiger partial charge < -0.3 is 10.1 Å². The molecule has 1 amide bonds. The molecule has 112 valence electrons. The van der Waals surface area contributed by atoms with Crippen molar-refractivity contribution in [1.82, 2.24) is 10.8 Å². The average Bonchev–Trinajstić information content (AvgIpc) is 2.47. The van der Waals surface area contributed by atoms with Gasteiger partial charge in [-0.05, 0) is 29.5 Å². The molecule has 0 fully saturated rings. The number of carbonyl (C=O) groups is 1. The SMILES string of the molecule is CCC(C)(C)C(NCc1ccc(OC)cc1)C(=O)NO. The van der Waals surface area contributed by atoms with E-state index in [0.29, 0.717) is 6.54 Å². The molecule has 1 rings (SSSR count). The first-order chi connectivity index (χ1) is 9.44. The highest BCUT2D eigenvalue weighted by molar-refractivity contribution is 5.81. The van der Waals surface area contributed by atoms with Gasteiger partial charge in [-0.3, -0.25) is 10.0 Å². The minimum absolute atomic E-state index is 0.251. The lowest BCUT2D eigenvalue weighted by atomic mass is 9.81. The summed E-state index contributed by atoms with van der Waals surface area (Å²) < 4.78 is 5.10. The highest BCUT2D eigenvalue weighted by atomic mass is 16.5. The summed E-state index contributed by atoms with van der Waals surface area (Å²) in [5.41, 5.74) is 2.54. The second-order valence-electron chi connectivity index (χ2n) is 5.48. The van der Waals surface area contributed by atoms with Crippen LogP contribution < -0.4 is 15.5 Å². The van der Waals surface area contributed by atoms with Gasteiger partial charge in [-0.25, -0.2) is 5.48 Å². The number of amides is 1. The minimum atomic E-state index is -0.459. The van der Waals surface area contributed by atoms with E-state index in [1.807, 2.05) is 45.0 Å². The summed E-state index contributed by atoms with van der Waals surface area (Å²) in [5.74, 6) is 0.387. The van der Waals surface area contributed by atoms with Crippen LogP contribution >= 0.6 is 0 Å². The Morgan fingerprint density at radius 3 is 2.40 bits per heavy atom. The summed E-state index contributed by atoms with van der Waals surface area (Å²) >= 11 is 0. The van der Waals surface area contributed by atoms with Crippen LogP contribution in [-0.2, 0) is 11.3 Å². The first-order valence-electron chi connectivity index (χ1n) is 6.75. The van der Waals surface area contributed by atoms with Crippen LogP contribution in [0.2, 0.25) is 0 Å². The van der Waals surface area contributed by atoms with Gasteiger partial charge in [0, 0.05) is 6.54 Å². The Kier molecular flexibility index (Phi) is 5.98. The number of hydrogen-bond acceptors (Lipinski definition) is 4. The molecular weight excluding hydrogens is 256 g/mol. The molecule has 1 atom stereocenters. The summed E-state index contributed by atoms with van der Waals surface area (Å²) in [7, 11) is 1.62. The van der Waals surface area contributed by atoms with Crippen LogP contribution in [0.5, 0.6) is 5.75 Å². The Balaban J connectivity index is 2.73. The molecule has 0 aliphatic rings. The van der Waals surface area contributed by atoms with Crippen molar-refractivity contribution in [3.05, 3.63) is 29.8 Å². The number of rotatable bonds is 7. The van der Waals surface area contributed by atoms with Crippen molar-refractivity contribution in [3.8, 4) is 5.75 Å². The van der Waals surface area contributed by atoms with Gasteiger partial charge in [-0.2, -0.15) is 0 Å². The highest BCUT2D eigenvalue weighted by Gasteiger charge is 2.33. The fourth-order valence-corrected chi connectivity index (χ4v) is 1.96. The molecule has 5 nitrogen and oxygen atoms in total. The van der Waals surface area contributed by atoms with Crippen molar-refractivity contribution >= 4 is 5.91 Å². The van der Waals surface area contributed by atoms with Crippen molar-refractivity contribution < 1.29 is 14.7 Å². The molecule has 0 aliphatic carbocycles. The Morgan fingerprint density at radius 2 is 1.95 bits per heavy atom. The fourth-order valence-electron chi connectivity index (χ4n) is 1.96. The number of hydroxylamine groups is 1. The molecule has 5 heteroatoms. The Morgan fingerprint density at radius 1 is 1.35 bits per heavy atom. The summed E-state index contributed by atoms with van der Waals surface area (Å²) in [5, 5.41) is 12.1. The van der Waals surface area contributed by atoms with Gasteiger partial charge in [-0.15, -0.1) is 0 Å². The Labute approximate surface area is 120 Å². The van der Waals surface area contributed by atoms with Gasteiger partial charge in [-0.1, -0.05) is 32.9 Å². The third-order valence-electron chi connectivity index (χ3n) is 3.73. The first-order valence-corrected chi connectivity index (χ1v) is 6.75. The van der Waals surface area contributed by atoms with Gasteiger partial charge >= 0.3 is 0 Å². The lowest BCUT2D eigenvalue weighted by Crippen LogP contribution is -2.51. The molecule has 0 bridgehead atoms. The number of methoxy groups -OCH3 is 1. The van der Waals surface area contributed by atoms with E-state index in [9.17, 15) is 4.79 Å². The van der Waals surface area contributed by atoms with Crippen LogP contribution in [0.1, 0.15) is 32.8 Å². The molecule has 3 N–H and O–H groups in total. The zero-order chi connectivity index (χ0) is 15.2. The van der Waals surface area contributed by atoms with E-state index in [4.69, 9.17) is 9.94 Å². The number of carbonyl (C=O) groups excluding carboxylic acids is 1. The molecular formula is C15H24N2O3. The highest BCUT2D eigenvalue weighted by Crippen LogP contribution is 2.25. The quantitative estimate of drug-likeness (QED) is 0.528. The van der Waals surface area contributed by atoms with E-state index in [1.165, 1.54) is 0 Å². The zero-order valence-electron chi connectivity index (χ0n) is 12.6. The van der Waals surface area contributed by atoms with E-state index >= 15 is 0 Å². The molecule has 1 unspecified atom stereocenters. The maximum atomic E-state index is 11.8. The molecule has 0 radical (unpaired) electrons. The third-order valence-corrected chi connectivity index (χ3v) is 3.73. The number of benzene rings is 1. The number of hydrogen-bond donors (Lipinski definition) is 3. The van der Waals surface area contributed by atoms with Crippen LogP contribution in [0.15, 0.2) is 24.3 Å². The van der Waals surface area contributed by atoms with Crippen LogP contribution in [0.3, 0.4) is 0 Å². The zero-order valence-corrected chi connectivity index (χ0v) is 12.6. The van der Waals surface area contributed by atoms with Gasteiger partial charge in [0.15, 0.2) is 0 Å². The van der Waals surface area contributed by atoms with E-state index in [1.54, 1.807) is 12.6 Å². The van der Waals surface area contributed by atoms with Crippen molar-refractivity contribution in [1.29, 1.82) is 0 Å². The van der Waals surface area contributed by atoms with Crippen molar-refractivity contribution in [2.75, 3.05) is 7.11 Å². The first kappa shape index (κ1) is 16.5. The normalized spacial score (nSPS) is 12.8. The van der Waals surface area contributed by atoms with Gasteiger partial charge in [0.05, 0.1) is 13.2 Å². The lowest BCUT2D eigenvalue weighted by molar-refractivity contribution is -0.134. The smallest absolute Gasteiger partial charge is 0.261 e. The third kappa shape index (κ3) is 4.21. The Hall–Kier alpha value is -1.59. The van der Waals surface area contributed by atoms with Crippen molar-refractivity contribution in [2.24, 2.45) is 5.41 Å².